The first-order valence-corrected chi connectivity index (χ1v) is 7.70. The van der Waals surface area contributed by atoms with Gasteiger partial charge in [-0.2, -0.15) is 5.10 Å². The summed E-state index contributed by atoms with van der Waals surface area (Å²) in [6, 6.07) is 10.8. The second-order valence-corrected chi connectivity index (χ2v) is 5.90. The van der Waals surface area contributed by atoms with Crippen molar-refractivity contribution in [2.45, 2.75) is 12.5 Å². The molecule has 0 radical (unpaired) electrons. The van der Waals surface area contributed by atoms with E-state index in [-0.39, 0.29) is 5.82 Å². The zero-order chi connectivity index (χ0) is 15.6. The fourth-order valence-corrected chi connectivity index (χ4v) is 3.08. The molecule has 3 aromatic rings. The summed E-state index contributed by atoms with van der Waals surface area (Å²) in [6.45, 7) is 2.67. The van der Waals surface area contributed by atoms with E-state index in [1.807, 2.05) is 24.5 Å². The molecule has 1 fully saturated rings. The van der Waals surface area contributed by atoms with Crippen molar-refractivity contribution in [2.75, 3.05) is 13.1 Å². The number of nitrogens with zero attached hydrogens (tertiary/aromatic N) is 4. The van der Waals surface area contributed by atoms with E-state index < -0.39 is 0 Å². The van der Waals surface area contributed by atoms with Crippen molar-refractivity contribution in [1.82, 2.24) is 19.7 Å². The number of pyridine rings is 1. The summed E-state index contributed by atoms with van der Waals surface area (Å²) in [6.07, 6.45) is 7.34. The van der Waals surface area contributed by atoms with E-state index in [0.717, 1.165) is 30.9 Å². The predicted molar refractivity (Wildman–Crippen MR) is 85.8 cm³/mol. The van der Waals surface area contributed by atoms with Crippen molar-refractivity contribution in [3.63, 3.8) is 0 Å². The lowest BCUT2D eigenvalue weighted by molar-refractivity contribution is 0.139. The van der Waals surface area contributed by atoms with E-state index in [9.17, 15) is 4.39 Å². The van der Waals surface area contributed by atoms with Crippen molar-refractivity contribution < 1.29 is 4.39 Å². The summed E-state index contributed by atoms with van der Waals surface area (Å²) >= 11 is 0. The number of hydrogen-bond acceptors (Lipinski definition) is 3. The normalized spacial score (nSPS) is 15.5. The summed E-state index contributed by atoms with van der Waals surface area (Å²) in [7, 11) is 0. The molecule has 0 unspecified atom stereocenters. The van der Waals surface area contributed by atoms with Crippen LogP contribution in [-0.4, -0.2) is 32.8 Å². The standard InChI is InChI=1S/C18H17FN4/c19-17-4-5-18(23-8-2-7-21-23)15(9-17)11-22-12-16(13-22)14-3-1-6-20-10-14/h1-10,16H,11-13H2. The fourth-order valence-electron chi connectivity index (χ4n) is 3.08. The van der Waals surface area contributed by atoms with Gasteiger partial charge in [-0.25, -0.2) is 9.07 Å². The molecular weight excluding hydrogens is 291 g/mol. The molecule has 1 aromatic carbocycles. The molecule has 0 atom stereocenters. The zero-order valence-electron chi connectivity index (χ0n) is 12.6. The SMILES string of the molecule is Fc1ccc(-n2cccn2)c(CN2CC(c3cccnc3)C2)c1. The van der Waals surface area contributed by atoms with Crippen molar-refractivity contribution in [2.24, 2.45) is 0 Å². The Morgan fingerprint density at radius 3 is 2.78 bits per heavy atom. The van der Waals surface area contributed by atoms with Crippen LogP contribution in [0.5, 0.6) is 0 Å². The Morgan fingerprint density at radius 2 is 2.04 bits per heavy atom. The van der Waals surface area contributed by atoms with Crippen LogP contribution >= 0.6 is 0 Å². The summed E-state index contributed by atoms with van der Waals surface area (Å²) in [4.78, 5) is 6.50. The second-order valence-electron chi connectivity index (χ2n) is 5.90. The minimum atomic E-state index is -0.208. The molecule has 4 rings (SSSR count). The molecule has 4 nitrogen and oxygen atoms in total. The van der Waals surface area contributed by atoms with Crippen LogP contribution in [0.2, 0.25) is 0 Å². The molecule has 0 bridgehead atoms. The molecule has 1 aliphatic heterocycles. The van der Waals surface area contributed by atoms with Gasteiger partial charge in [0.2, 0.25) is 0 Å². The molecule has 1 aliphatic rings. The first-order chi connectivity index (χ1) is 11.3. The Morgan fingerprint density at radius 1 is 1.13 bits per heavy atom. The van der Waals surface area contributed by atoms with Gasteiger partial charge in [0, 0.05) is 50.3 Å². The van der Waals surface area contributed by atoms with Crippen LogP contribution < -0.4 is 0 Å². The molecule has 0 amide bonds. The van der Waals surface area contributed by atoms with Gasteiger partial charge in [-0.15, -0.1) is 0 Å². The quantitative estimate of drug-likeness (QED) is 0.743. The monoisotopic (exact) mass is 308 g/mol. The second kappa shape index (κ2) is 5.93. The Balaban J connectivity index is 1.49. The van der Waals surface area contributed by atoms with Gasteiger partial charge in [0.05, 0.1) is 5.69 Å². The number of benzene rings is 1. The summed E-state index contributed by atoms with van der Waals surface area (Å²) in [5.41, 5.74) is 3.16. The van der Waals surface area contributed by atoms with Gasteiger partial charge in [-0.1, -0.05) is 6.07 Å². The summed E-state index contributed by atoms with van der Waals surface area (Å²) < 4.78 is 15.4. The maximum absolute atomic E-state index is 13.6. The smallest absolute Gasteiger partial charge is 0.123 e. The van der Waals surface area contributed by atoms with Crippen LogP contribution in [0.3, 0.4) is 0 Å². The highest BCUT2D eigenvalue weighted by Gasteiger charge is 2.28. The fraction of sp³-hybridized carbons (Fsp3) is 0.222. The van der Waals surface area contributed by atoms with Gasteiger partial charge in [0.15, 0.2) is 0 Å². The van der Waals surface area contributed by atoms with Gasteiger partial charge in [-0.05, 0) is 41.5 Å². The largest absolute Gasteiger partial charge is 0.298 e. The maximum Gasteiger partial charge on any atom is 0.123 e. The van der Waals surface area contributed by atoms with Crippen LogP contribution in [-0.2, 0) is 6.54 Å². The van der Waals surface area contributed by atoms with Crippen LogP contribution in [0.1, 0.15) is 17.0 Å². The first-order valence-electron chi connectivity index (χ1n) is 7.70. The third kappa shape index (κ3) is 2.87. The Labute approximate surface area is 134 Å². The molecular formula is C18H17FN4. The van der Waals surface area contributed by atoms with Gasteiger partial charge in [0.25, 0.3) is 0 Å². The number of likely N-dealkylation sites (tertiary alicyclic amines) is 1. The highest BCUT2D eigenvalue weighted by Crippen LogP contribution is 2.29. The highest BCUT2D eigenvalue weighted by molar-refractivity contribution is 5.41. The van der Waals surface area contributed by atoms with E-state index in [1.165, 1.54) is 11.6 Å². The summed E-state index contributed by atoms with van der Waals surface area (Å²) in [5.74, 6) is 0.311. The molecule has 0 saturated carbocycles. The van der Waals surface area contributed by atoms with Crippen LogP contribution in [0.15, 0.2) is 61.2 Å². The van der Waals surface area contributed by atoms with E-state index in [0.29, 0.717) is 5.92 Å². The van der Waals surface area contributed by atoms with Crippen LogP contribution in [0, 0.1) is 5.82 Å². The molecule has 5 heteroatoms. The van der Waals surface area contributed by atoms with Crippen LogP contribution in [0.4, 0.5) is 4.39 Å². The molecule has 2 aromatic heterocycles. The number of aromatic nitrogens is 3. The molecule has 0 aliphatic carbocycles. The van der Waals surface area contributed by atoms with Gasteiger partial charge < -0.3 is 0 Å². The Bertz CT molecular complexity index is 780. The molecule has 3 heterocycles. The highest BCUT2D eigenvalue weighted by atomic mass is 19.1. The minimum absolute atomic E-state index is 0.208. The van der Waals surface area contributed by atoms with E-state index >= 15 is 0 Å². The van der Waals surface area contributed by atoms with Crippen molar-refractivity contribution in [3.8, 4) is 5.69 Å². The van der Waals surface area contributed by atoms with Gasteiger partial charge in [-0.3, -0.25) is 9.88 Å². The average Bonchev–Trinajstić information content (AvgIpc) is 3.05. The van der Waals surface area contributed by atoms with Crippen LogP contribution in [0.25, 0.3) is 5.69 Å². The van der Waals surface area contributed by atoms with Crippen molar-refractivity contribution >= 4 is 0 Å². The van der Waals surface area contributed by atoms with E-state index in [1.54, 1.807) is 29.2 Å². The molecule has 116 valence electrons. The lowest BCUT2D eigenvalue weighted by atomic mass is 9.92. The van der Waals surface area contributed by atoms with Crippen molar-refractivity contribution in [1.29, 1.82) is 0 Å². The number of halogens is 1. The predicted octanol–water partition coefficient (Wildman–Crippen LogP) is 3.01. The number of hydrogen-bond donors (Lipinski definition) is 0. The minimum Gasteiger partial charge on any atom is -0.298 e. The first kappa shape index (κ1) is 14.1. The molecule has 1 saturated heterocycles. The molecule has 0 N–H and O–H groups in total. The Kier molecular flexibility index (Phi) is 3.63. The lowest BCUT2D eigenvalue weighted by Gasteiger charge is -2.39. The Hall–Kier alpha value is -2.53. The van der Waals surface area contributed by atoms with E-state index in [2.05, 4.69) is 21.0 Å². The topological polar surface area (TPSA) is 34.0 Å². The number of rotatable bonds is 4. The van der Waals surface area contributed by atoms with Gasteiger partial charge >= 0.3 is 0 Å². The zero-order valence-corrected chi connectivity index (χ0v) is 12.6. The molecule has 23 heavy (non-hydrogen) atoms. The van der Waals surface area contributed by atoms with Gasteiger partial charge in [0.1, 0.15) is 5.82 Å². The average molecular weight is 308 g/mol. The third-order valence-corrected chi connectivity index (χ3v) is 4.30. The van der Waals surface area contributed by atoms with E-state index in [4.69, 9.17) is 0 Å². The summed E-state index contributed by atoms with van der Waals surface area (Å²) in [5, 5.41) is 4.26. The lowest BCUT2D eigenvalue weighted by Crippen LogP contribution is -2.44. The van der Waals surface area contributed by atoms with Crippen molar-refractivity contribution in [3.05, 3.63) is 78.1 Å². The molecule has 0 spiro atoms. The third-order valence-electron chi connectivity index (χ3n) is 4.30. The maximum atomic E-state index is 13.6.